The van der Waals surface area contributed by atoms with Crippen molar-refractivity contribution < 1.29 is 23.1 Å². The van der Waals surface area contributed by atoms with E-state index >= 15 is 0 Å². The van der Waals surface area contributed by atoms with Crippen molar-refractivity contribution in [1.29, 1.82) is 0 Å². The van der Waals surface area contributed by atoms with Gasteiger partial charge in [-0.3, -0.25) is 9.59 Å². The van der Waals surface area contributed by atoms with E-state index in [2.05, 4.69) is 5.32 Å². The van der Waals surface area contributed by atoms with Gasteiger partial charge in [0.05, 0.1) is 5.56 Å². The van der Waals surface area contributed by atoms with Gasteiger partial charge in [0.25, 0.3) is 5.91 Å². The molecule has 4 rings (SSSR count). The van der Waals surface area contributed by atoms with E-state index in [1.165, 1.54) is 19.2 Å². The summed E-state index contributed by atoms with van der Waals surface area (Å²) < 4.78 is 32.9. The van der Waals surface area contributed by atoms with Crippen LogP contribution in [0.5, 0.6) is 5.75 Å². The Morgan fingerprint density at radius 2 is 1.88 bits per heavy atom. The molecule has 7 heteroatoms. The fourth-order valence-corrected chi connectivity index (χ4v) is 4.04. The van der Waals surface area contributed by atoms with Gasteiger partial charge in [-0.1, -0.05) is 30.4 Å². The number of amides is 1. The summed E-state index contributed by atoms with van der Waals surface area (Å²) in [5.74, 6) is -1.20. The summed E-state index contributed by atoms with van der Waals surface area (Å²) in [6.45, 7) is 0.216. The van der Waals surface area contributed by atoms with Crippen molar-refractivity contribution >= 4 is 28.8 Å². The molecule has 0 radical (unpaired) electrons. The number of ether oxygens (including phenoxy) is 1. The molecule has 0 fully saturated rings. The van der Waals surface area contributed by atoms with E-state index in [0.717, 1.165) is 11.6 Å². The molecule has 0 bridgehead atoms. The Kier molecular flexibility index (Phi) is 6.60. The largest absolute Gasteiger partial charge is 0.488 e. The molecule has 3 aromatic carbocycles. The van der Waals surface area contributed by atoms with Gasteiger partial charge in [-0.15, -0.1) is 0 Å². The molecule has 1 aliphatic rings. The van der Waals surface area contributed by atoms with Crippen LogP contribution in [0.4, 0.5) is 8.78 Å². The van der Waals surface area contributed by atoms with Gasteiger partial charge in [-0.2, -0.15) is 0 Å². The monoisotopic (exact) mass is 465 g/mol. The predicted molar refractivity (Wildman–Crippen MR) is 125 cm³/mol. The lowest BCUT2D eigenvalue weighted by molar-refractivity contribution is 0.0963. The minimum atomic E-state index is -0.617. The summed E-state index contributed by atoms with van der Waals surface area (Å²) in [5.41, 5.74) is 3.31. The Bertz CT molecular complexity index is 1270. The van der Waals surface area contributed by atoms with Gasteiger partial charge < -0.3 is 10.1 Å². The quantitative estimate of drug-likeness (QED) is 0.521. The zero-order valence-corrected chi connectivity index (χ0v) is 18.7. The van der Waals surface area contributed by atoms with Crippen LogP contribution >= 0.6 is 12.2 Å². The third-order valence-electron chi connectivity index (χ3n) is 5.61. The topological polar surface area (TPSA) is 55.4 Å². The third kappa shape index (κ3) is 4.98. The first-order chi connectivity index (χ1) is 15.9. The van der Waals surface area contributed by atoms with Crippen molar-refractivity contribution in [1.82, 2.24) is 5.32 Å². The molecule has 1 aliphatic heterocycles. The molecule has 4 nitrogen and oxygen atoms in total. The van der Waals surface area contributed by atoms with Gasteiger partial charge >= 0.3 is 0 Å². The van der Waals surface area contributed by atoms with E-state index < -0.39 is 11.6 Å². The van der Waals surface area contributed by atoms with Crippen LogP contribution in [-0.2, 0) is 19.4 Å². The lowest BCUT2D eigenvalue weighted by atomic mass is 9.95. The lowest BCUT2D eigenvalue weighted by Gasteiger charge is -2.10. The number of thiocarbonyl (C=S) groups is 1. The number of rotatable bonds is 6. The molecule has 0 saturated carbocycles. The molecule has 0 saturated heterocycles. The Labute approximate surface area is 195 Å². The maximum absolute atomic E-state index is 13.9. The Hall–Kier alpha value is -3.45. The molecule has 168 valence electrons. The SMILES string of the molecule is CNC(=O)c1ccc2c(c1)C(=O)c1ccc(CCC(=S)Cc3ccc(F)cc3F)cc1OC2. The molecular formula is C26H21F2NO3S. The van der Waals surface area contributed by atoms with E-state index in [9.17, 15) is 18.4 Å². The first-order valence-electron chi connectivity index (χ1n) is 10.5. The van der Waals surface area contributed by atoms with E-state index in [1.807, 2.05) is 12.1 Å². The van der Waals surface area contributed by atoms with Crippen molar-refractivity contribution in [3.05, 3.63) is 99.6 Å². The number of ketones is 1. The summed E-state index contributed by atoms with van der Waals surface area (Å²) in [6, 6.07) is 13.9. The van der Waals surface area contributed by atoms with Gasteiger partial charge in [0, 0.05) is 36.2 Å². The standard InChI is InChI=1S/C26H21F2NO3S/c1-29-26(31)17-4-5-18-14-32-24-10-15(3-9-21(24)25(30)22(18)12-17)2-8-20(33)11-16-6-7-19(27)13-23(16)28/h3-7,9-10,12-13H,2,8,11,14H2,1H3,(H,29,31). The van der Waals surface area contributed by atoms with E-state index in [4.69, 9.17) is 17.0 Å². The van der Waals surface area contributed by atoms with Crippen LogP contribution < -0.4 is 10.1 Å². The lowest BCUT2D eigenvalue weighted by Crippen LogP contribution is -2.18. The van der Waals surface area contributed by atoms with Crippen molar-refractivity contribution in [2.24, 2.45) is 0 Å². The highest BCUT2D eigenvalue weighted by Gasteiger charge is 2.24. The van der Waals surface area contributed by atoms with E-state index in [1.54, 1.807) is 24.3 Å². The highest BCUT2D eigenvalue weighted by atomic mass is 32.1. The molecule has 0 atom stereocenters. The molecule has 0 aliphatic carbocycles. The van der Waals surface area contributed by atoms with Crippen molar-refractivity contribution in [3.8, 4) is 5.75 Å². The van der Waals surface area contributed by atoms with Gasteiger partial charge in [-0.05, 0) is 59.2 Å². The van der Waals surface area contributed by atoms with Crippen LogP contribution in [0, 0.1) is 11.6 Å². The smallest absolute Gasteiger partial charge is 0.251 e. The number of nitrogens with one attached hydrogen (secondary N) is 1. The number of hydrogen-bond donors (Lipinski definition) is 1. The molecule has 1 heterocycles. The van der Waals surface area contributed by atoms with Gasteiger partial charge in [0.2, 0.25) is 0 Å². The predicted octanol–water partition coefficient (Wildman–Crippen LogP) is 4.99. The zero-order chi connectivity index (χ0) is 23.5. The zero-order valence-electron chi connectivity index (χ0n) is 17.9. The van der Waals surface area contributed by atoms with Crippen LogP contribution in [0.3, 0.4) is 0 Å². The number of fused-ring (bicyclic) bond motifs is 2. The second kappa shape index (κ2) is 9.58. The third-order valence-corrected chi connectivity index (χ3v) is 5.96. The maximum Gasteiger partial charge on any atom is 0.251 e. The van der Waals surface area contributed by atoms with Crippen LogP contribution in [0.2, 0.25) is 0 Å². The first kappa shape index (κ1) is 22.7. The average molecular weight is 466 g/mol. The second-order valence-electron chi connectivity index (χ2n) is 7.85. The summed E-state index contributed by atoms with van der Waals surface area (Å²) in [4.78, 5) is 25.7. The molecule has 0 spiro atoms. The molecular weight excluding hydrogens is 444 g/mol. The van der Waals surface area contributed by atoms with Gasteiger partial charge in [0.15, 0.2) is 5.78 Å². The van der Waals surface area contributed by atoms with E-state index in [-0.39, 0.29) is 24.7 Å². The Morgan fingerprint density at radius 3 is 2.64 bits per heavy atom. The number of hydrogen-bond acceptors (Lipinski definition) is 4. The van der Waals surface area contributed by atoms with Gasteiger partial charge in [0.1, 0.15) is 24.0 Å². The summed E-state index contributed by atoms with van der Waals surface area (Å²) in [5, 5.41) is 2.56. The summed E-state index contributed by atoms with van der Waals surface area (Å²) >= 11 is 5.40. The van der Waals surface area contributed by atoms with Crippen LogP contribution in [0.25, 0.3) is 0 Å². The molecule has 3 aromatic rings. The van der Waals surface area contributed by atoms with Crippen molar-refractivity contribution in [3.63, 3.8) is 0 Å². The normalized spacial score (nSPS) is 12.3. The van der Waals surface area contributed by atoms with Crippen LogP contribution in [-0.4, -0.2) is 23.6 Å². The first-order valence-corrected chi connectivity index (χ1v) is 10.9. The molecule has 0 aromatic heterocycles. The number of benzene rings is 3. The number of carbonyl (C=O) groups excluding carboxylic acids is 2. The minimum Gasteiger partial charge on any atom is -0.488 e. The molecule has 1 N–H and O–H groups in total. The molecule has 33 heavy (non-hydrogen) atoms. The fraction of sp³-hybridized carbons (Fsp3) is 0.192. The highest BCUT2D eigenvalue weighted by molar-refractivity contribution is 7.80. The average Bonchev–Trinajstić information content (AvgIpc) is 2.95. The molecule has 1 amide bonds. The summed E-state index contributed by atoms with van der Waals surface area (Å²) in [6.07, 6.45) is 1.39. The van der Waals surface area contributed by atoms with Crippen molar-refractivity contribution in [2.45, 2.75) is 25.9 Å². The Morgan fingerprint density at radius 1 is 1.06 bits per heavy atom. The Balaban J connectivity index is 1.48. The van der Waals surface area contributed by atoms with Crippen LogP contribution in [0.15, 0.2) is 54.6 Å². The number of aryl methyl sites for hydroxylation is 1. The van der Waals surface area contributed by atoms with Crippen LogP contribution in [0.1, 0.15) is 49.4 Å². The number of halogens is 2. The van der Waals surface area contributed by atoms with Gasteiger partial charge in [-0.25, -0.2) is 8.78 Å². The minimum absolute atomic E-state index is 0.197. The van der Waals surface area contributed by atoms with Crippen molar-refractivity contribution in [2.75, 3.05) is 7.05 Å². The number of carbonyl (C=O) groups is 2. The highest BCUT2D eigenvalue weighted by Crippen LogP contribution is 2.30. The maximum atomic E-state index is 13.9. The summed E-state index contributed by atoms with van der Waals surface area (Å²) in [7, 11) is 1.54. The molecule has 0 unspecified atom stereocenters. The second-order valence-corrected chi connectivity index (χ2v) is 8.43. The van der Waals surface area contributed by atoms with E-state index in [0.29, 0.717) is 51.3 Å². The fourth-order valence-electron chi connectivity index (χ4n) is 3.78.